The number of anilines is 1. The van der Waals surface area contributed by atoms with Gasteiger partial charge in [0.2, 0.25) is 0 Å². The van der Waals surface area contributed by atoms with Gasteiger partial charge in [0.15, 0.2) is 0 Å². The van der Waals surface area contributed by atoms with Gasteiger partial charge >= 0.3 is 0 Å². The number of rotatable bonds is 5. The van der Waals surface area contributed by atoms with Crippen molar-refractivity contribution in [3.63, 3.8) is 0 Å². The topological polar surface area (TPSA) is 24.9 Å². The standard InChI is InChI=1S/C11H16Cl2N2/c1-3-11(4-2,8-12)15-10-5-6-14-7-9(10)13/h5-7H,3-4,8H2,1-2H3,(H,14,15). The van der Waals surface area contributed by atoms with E-state index in [1.54, 1.807) is 12.4 Å². The molecule has 0 atom stereocenters. The first-order valence-corrected chi connectivity index (χ1v) is 6.02. The molecule has 0 spiro atoms. The van der Waals surface area contributed by atoms with Crippen molar-refractivity contribution in [2.24, 2.45) is 0 Å². The Balaban J connectivity index is 2.88. The van der Waals surface area contributed by atoms with Gasteiger partial charge in [0.05, 0.1) is 16.2 Å². The van der Waals surface area contributed by atoms with Crippen molar-refractivity contribution in [1.29, 1.82) is 0 Å². The lowest BCUT2D eigenvalue weighted by Crippen LogP contribution is -2.39. The number of hydrogen-bond donors (Lipinski definition) is 1. The van der Waals surface area contributed by atoms with E-state index in [0.717, 1.165) is 18.5 Å². The Labute approximate surface area is 101 Å². The van der Waals surface area contributed by atoms with Crippen molar-refractivity contribution < 1.29 is 0 Å². The Hall–Kier alpha value is -0.470. The molecule has 0 aliphatic heterocycles. The largest absolute Gasteiger partial charge is 0.377 e. The predicted molar refractivity (Wildman–Crippen MR) is 66.9 cm³/mol. The van der Waals surface area contributed by atoms with Crippen molar-refractivity contribution in [2.45, 2.75) is 32.2 Å². The molecule has 1 aromatic heterocycles. The number of pyridine rings is 1. The highest BCUT2D eigenvalue weighted by atomic mass is 35.5. The number of aromatic nitrogens is 1. The second-order valence-electron chi connectivity index (χ2n) is 3.60. The second-order valence-corrected chi connectivity index (χ2v) is 4.28. The first-order chi connectivity index (χ1) is 7.17. The van der Waals surface area contributed by atoms with Gasteiger partial charge in [0.1, 0.15) is 0 Å². The fourth-order valence-corrected chi connectivity index (χ4v) is 2.02. The van der Waals surface area contributed by atoms with E-state index in [1.807, 2.05) is 6.07 Å². The van der Waals surface area contributed by atoms with Gasteiger partial charge in [-0.2, -0.15) is 0 Å². The molecule has 1 aromatic rings. The summed E-state index contributed by atoms with van der Waals surface area (Å²) in [5.41, 5.74) is 0.822. The number of hydrogen-bond acceptors (Lipinski definition) is 2. The molecule has 84 valence electrons. The Bertz CT molecular complexity index is 303. The first-order valence-electron chi connectivity index (χ1n) is 5.11. The highest BCUT2D eigenvalue weighted by molar-refractivity contribution is 6.33. The molecule has 0 aromatic carbocycles. The lowest BCUT2D eigenvalue weighted by molar-refractivity contribution is 0.484. The Morgan fingerprint density at radius 3 is 2.53 bits per heavy atom. The fourth-order valence-electron chi connectivity index (χ4n) is 1.41. The van der Waals surface area contributed by atoms with E-state index < -0.39 is 0 Å². The highest BCUT2D eigenvalue weighted by Gasteiger charge is 2.25. The zero-order chi connectivity index (χ0) is 11.3. The molecule has 0 saturated carbocycles. The smallest absolute Gasteiger partial charge is 0.0820 e. The van der Waals surface area contributed by atoms with Crippen LogP contribution in [0.15, 0.2) is 18.5 Å². The van der Waals surface area contributed by atoms with Gasteiger partial charge in [-0.3, -0.25) is 4.98 Å². The number of nitrogens with one attached hydrogen (secondary N) is 1. The van der Waals surface area contributed by atoms with Crippen LogP contribution in [0.5, 0.6) is 0 Å². The normalized spacial score (nSPS) is 11.5. The van der Waals surface area contributed by atoms with Crippen LogP contribution in [0.4, 0.5) is 5.69 Å². The molecule has 1 N–H and O–H groups in total. The van der Waals surface area contributed by atoms with Gasteiger partial charge < -0.3 is 5.32 Å². The van der Waals surface area contributed by atoms with Crippen LogP contribution in [0.3, 0.4) is 0 Å². The molecular weight excluding hydrogens is 231 g/mol. The molecule has 1 rings (SSSR count). The molecule has 4 heteroatoms. The van der Waals surface area contributed by atoms with E-state index in [4.69, 9.17) is 23.2 Å². The van der Waals surface area contributed by atoms with Crippen LogP contribution >= 0.6 is 23.2 Å². The summed E-state index contributed by atoms with van der Waals surface area (Å²) < 4.78 is 0. The van der Waals surface area contributed by atoms with Crippen molar-refractivity contribution >= 4 is 28.9 Å². The van der Waals surface area contributed by atoms with Crippen LogP contribution < -0.4 is 5.32 Å². The summed E-state index contributed by atoms with van der Waals surface area (Å²) in [6.07, 6.45) is 5.28. The minimum absolute atomic E-state index is 0.0768. The molecule has 15 heavy (non-hydrogen) atoms. The van der Waals surface area contributed by atoms with Crippen LogP contribution in [-0.2, 0) is 0 Å². The third-order valence-corrected chi connectivity index (χ3v) is 3.59. The molecule has 0 radical (unpaired) electrons. The molecule has 0 amide bonds. The van der Waals surface area contributed by atoms with E-state index in [2.05, 4.69) is 24.1 Å². The van der Waals surface area contributed by atoms with Crippen LogP contribution in [0, 0.1) is 0 Å². The summed E-state index contributed by atoms with van der Waals surface area (Å²) in [5, 5.41) is 4.04. The maximum Gasteiger partial charge on any atom is 0.0820 e. The lowest BCUT2D eigenvalue weighted by atomic mass is 9.95. The zero-order valence-corrected chi connectivity index (χ0v) is 10.6. The molecule has 1 heterocycles. The summed E-state index contributed by atoms with van der Waals surface area (Å²) in [5.74, 6) is 0.568. The fraction of sp³-hybridized carbons (Fsp3) is 0.545. The van der Waals surface area contributed by atoms with Crippen LogP contribution in [0.25, 0.3) is 0 Å². The number of alkyl halides is 1. The Kier molecular flexibility index (Phi) is 4.68. The quantitative estimate of drug-likeness (QED) is 0.797. The highest BCUT2D eigenvalue weighted by Crippen LogP contribution is 2.27. The zero-order valence-electron chi connectivity index (χ0n) is 9.06. The SMILES string of the molecule is CCC(CC)(CCl)Nc1ccncc1Cl. The van der Waals surface area contributed by atoms with Crippen molar-refractivity contribution in [3.05, 3.63) is 23.5 Å². The summed E-state index contributed by atoms with van der Waals surface area (Å²) >= 11 is 12.0. The minimum atomic E-state index is -0.0768. The van der Waals surface area contributed by atoms with Gasteiger partial charge in [0.25, 0.3) is 0 Å². The van der Waals surface area contributed by atoms with Crippen molar-refractivity contribution in [3.8, 4) is 0 Å². The molecular formula is C11H16Cl2N2. The van der Waals surface area contributed by atoms with Gasteiger partial charge in [-0.25, -0.2) is 0 Å². The van der Waals surface area contributed by atoms with Crippen molar-refractivity contribution in [1.82, 2.24) is 4.98 Å². The van der Waals surface area contributed by atoms with Crippen molar-refractivity contribution in [2.75, 3.05) is 11.2 Å². The summed E-state index contributed by atoms with van der Waals surface area (Å²) in [6, 6.07) is 1.87. The molecule has 0 unspecified atom stereocenters. The second kappa shape index (κ2) is 5.57. The third-order valence-electron chi connectivity index (χ3n) is 2.78. The average Bonchev–Trinajstić information content (AvgIpc) is 2.29. The minimum Gasteiger partial charge on any atom is -0.377 e. The van der Waals surface area contributed by atoms with Gasteiger partial charge in [-0.05, 0) is 18.9 Å². The number of nitrogens with zero attached hydrogens (tertiary/aromatic N) is 1. The Morgan fingerprint density at radius 2 is 2.07 bits per heavy atom. The average molecular weight is 247 g/mol. The summed E-state index contributed by atoms with van der Waals surface area (Å²) in [4.78, 5) is 3.95. The first kappa shape index (κ1) is 12.6. The van der Waals surface area contributed by atoms with Gasteiger partial charge in [-0.15, -0.1) is 11.6 Å². The number of halogens is 2. The van der Waals surface area contributed by atoms with E-state index in [9.17, 15) is 0 Å². The monoisotopic (exact) mass is 246 g/mol. The molecule has 0 saturated heterocycles. The van der Waals surface area contributed by atoms with Crippen LogP contribution in [-0.4, -0.2) is 16.4 Å². The van der Waals surface area contributed by atoms with E-state index in [1.165, 1.54) is 0 Å². The molecule has 2 nitrogen and oxygen atoms in total. The molecule has 0 fully saturated rings. The van der Waals surface area contributed by atoms with Gasteiger partial charge in [0, 0.05) is 18.3 Å². The Morgan fingerprint density at radius 1 is 1.40 bits per heavy atom. The third kappa shape index (κ3) is 2.99. The summed E-state index contributed by atoms with van der Waals surface area (Å²) in [7, 11) is 0. The molecule has 0 bridgehead atoms. The van der Waals surface area contributed by atoms with E-state index in [0.29, 0.717) is 10.9 Å². The molecule has 0 aliphatic rings. The van der Waals surface area contributed by atoms with E-state index >= 15 is 0 Å². The van der Waals surface area contributed by atoms with Gasteiger partial charge in [-0.1, -0.05) is 25.4 Å². The van der Waals surface area contributed by atoms with E-state index in [-0.39, 0.29) is 5.54 Å². The molecule has 0 aliphatic carbocycles. The van der Waals surface area contributed by atoms with Crippen LogP contribution in [0.2, 0.25) is 5.02 Å². The maximum atomic E-state index is 6.03. The summed E-state index contributed by atoms with van der Waals surface area (Å²) in [6.45, 7) is 4.24. The maximum absolute atomic E-state index is 6.03. The lowest BCUT2D eigenvalue weighted by Gasteiger charge is -2.32. The predicted octanol–water partition coefficient (Wildman–Crippen LogP) is 3.94. The van der Waals surface area contributed by atoms with Crippen LogP contribution in [0.1, 0.15) is 26.7 Å².